The molecular weight excluding hydrogens is 290 g/mol. The molecule has 0 aliphatic carbocycles. The lowest BCUT2D eigenvalue weighted by Gasteiger charge is -2.08. The number of hydrogen-bond acceptors (Lipinski definition) is 4. The van der Waals surface area contributed by atoms with Gasteiger partial charge in [0.05, 0.1) is 18.5 Å². The number of nitrogens with zero attached hydrogens (tertiary/aromatic N) is 1. The van der Waals surface area contributed by atoms with Crippen molar-refractivity contribution in [2.75, 3.05) is 7.11 Å². The Bertz CT molecular complexity index is 459. The first-order valence-corrected chi connectivity index (χ1v) is 6.01. The van der Waals surface area contributed by atoms with E-state index < -0.39 is 10.9 Å². The van der Waals surface area contributed by atoms with E-state index in [1.165, 1.54) is 13.2 Å². The van der Waals surface area contributed by atoms with Gasteiger partial charge in [-0.1, -0.05) is 22.0 Å². The van der Waals surface area contributed by atoms with Crippen molar-refractivity contribution < 1.29 is 14.5 Å². The lowest BCUT2D eigenvalue weighted by molar-refractivity contribution is -0.385. The Morgan fingerprint density at radius 2 is 2.18 bits per heavy atom. The van der Waals surface area contributed by atoms with Gasteiger partial charge in [0, 0.05) is 17.0 Å². The van der Waals surface area contributed by atoms with Crippen LogP contribution in [0.2, 0.25) is 0 Å². The number of nitro groups is 1. The molecule has 0 aromatic heterocycles. The smallest absolute Gasteiger partial charge is 0.309 e. The molecule has 0 atom stereocenters. The molecule has 0 aliphatic rings. The third-order valence-corrected chi connectivity index (χ3v) is 2.92. The number of carbonyl (C=O) groups excluding carboxylic acids is 1. The number of benzene rings is 1. The highest BCUT2D eigenvalue weighted by Crippen LogP contribution is 2.27. The Morgan fingerprint density at radius 1 is 1.53 bits per heavy atom. The molecule has 5 nitrogen and oxygen atoms in total. The summed E-state index contributed by atoms with van der Waals surface area (Å²) < 4.78 is 4.57. The normalized spacial score (nSPS) is 10.1. The van der Waals surface area contributed by atoms with Gasteiger partial charge in [-0.3, -0.25) is 14.9 Å². The molecule has 1 aromatic carbocycles. The maximum atomic E-state index is 11.2. The van der Waals surface area contributed by atoms with Crippen molar-refractivity contribution in [1.29, 1.82) is 0 Å². The van der Waals surface area contributed by atoms with Crippen LogP contribution in [0.3, 0.4) is 0 Å². The highest BCUT2D eigenvalue weighted by Gasteiger charge is 2.19. The first kappa shape index (κ1) is 13.6. The lowest BCUT2D eigenvalue weighted by atomic mass is 10.0. The summed E-state index contributed by atoms with van der Waals surface area (Å²) in [7, 11) is 1.29. The Hall–Kier alpha value is -1.43. The van der Waals surface area contributed by atoms with Gasteiger partial charge in [0.1, 0.15) is 0 Å². The highest BCUT2D eigenvalue weighted by atomic mass is 79.9. The molecule has 92 valence electrons. The summed E-state index contributed by atoms with van der Waals surface area (Å²) in [4.78, 5) is 21.7. The summed E-state index contributed by atoms with van der Waals surface area (Å²) in [5.41, 5.74) is 1.92. The summed E-state index contributed by atoms with van der Waals surface area (Å²) >= 11 is 3.21. The summed E-state index contributed by atoms with van der Waals surface area (Å²) in [6.45, 7) is 1.76. The first-order chi connectivity index (χ1) is 7.99. The fourth-order valence-electron chi connectivity index (χ4n) is 1.57. The minimum atomic E-state index is -0.440. The van der Waals surface area contributed by atoms with Crippen molar-refractivity contribution in [3.8, 4) is 0 Å². The maximum absolute atomic E-state index is 11.2. The molecule has 0 amide bonds. The van der Waals surface area contributed by atoms with Crippen LogP contribution in [0.1, 0.15) is 16.7 Å². The molecule has 0 spiro atoms. The van der Waals surface area contributed by atoms with Crippen molar-refractivity contribution in [2.24, 2.45) is 0 Å². The zero-order valence-corrected chi connectivity index (χ0v) is 11.1. The third kappa shape index (κ3) is 3.26. The molecule has 6 heteroatoms. The number of carbonyl (C=O) groups is 1. The van der Waals surface area contributed by atoms with E-state index in [4.69, 9.17) is 0 Å². The Kier molecular flexibility index (Phi) is 4.62. The zero-order valence-electron chi connectivity index (χ0n) is 9.53. The molecule has 17 heavy (non-hydrogen) atoms. The van der Waals surface area contributed by atoms with E-state index in [9.17, 15) is 14.9 Å². The number of methoxy groups -OCH3 is 1. The van der Waals surface area contributed by atoms with E-state index in [1.807, 2.05) is 0 Å². The van der Waals surface area contributed by atoms with Gasteiger partial charge in [0.15, 0.2) is 0 Å². The predicted molar refractivity (Wildman–Crippen MR) is 66.2 cm³/mol. The molecular formula is C11H12BrNO4. The molecule has 0 radical (unpaired) electrons. The summed E-state index contributed by atoms with van der Waals surface area (Å²) in [6, 6.07) is 3.26. The first-order valence-electron chi connectivity index (χ1n) is 4.89. The van der Waals surface area contributed by atoms with E-state index in [0.29, 0.717) is 16.5 Å². The Balaban J connectivity index is 3.27. The van der Waals surface area contributed by atoms with Crippen LogP contribution in [0.5, 0.6) is 0 Å². The number of rotatable bonds is 4. The summed E-state index contributed by atoms with van der Waals surface area (Å²) in [6.07, 6.45) is 0.0416. The average Bonchev–Trinajstić information content (AvgIpc) is 2.28. The molecule has 0 saturated heterocycles. The summed E-state index contributed by atoms with van der Waals surface area (Å²) in [5, 5.41) is 11.2. The number of esters is 1. The van der Waals surface area contributed by atoms with Crippen LogP contribution in [0.15, 0.2) is 12.1 Å². The zero-order chi connectivity index (χ0) is 13.0. The second kappa shape index (κ2) is 5.77. The number of aryl methyl sites for hydroxylation is 1. The van der Waals surface area contributed by atoms with E-state index in [-0.39, 0.29) is 12.1 Å². The van der Waals surface area contributed by atoms with E-state index >= 15 is 0 Å². The van der Waals surface area contributed by atoms with Gasteiger partial charge in [0.2, 0.25) is 0 Å². The molecule has 0 N–H and O–H groups in total. The molecule has 0 saturated carbocycles. The second-order valence-corrected chi connectivity index (χ2v) is 4.13. The summed E-state index contributed by atoms with van der Waals surface area (Å²) in [5.74, 6) is -0.410. The largest absolute Gasteiger partial charge is 0.469 e. The number of ether oxygens (including phenoxy) is 1. The van der Waals surface area contributed by atoms with Crippen molar-refractivity contribution in [2.45, 2.75) is 18.7 Å². The van der Waals surface area contributed by atoms with Crippen molar-refractivity contribution in [3.05, 3.63) is 38.9 Å². The average molecular weight is 302 g/mol. The fourth-order valence-corrected chi connectivity index (χ4v) is 2.22. The monoisotopic (exact) mass is 301 g/mol. The van der Waals surface area contributed by atoms with Gasteiger partial charge < -0.3 is 4.74 Å². The molecule has 1 rings (SSSR count). The third-order valence-electron chi connectivity index (χ3n) is 2.36. The number of hydrogen-bond donors (Lipinski definition) is 0. The van der Waals surface area contributed by atoms with Gasteiger partial charge in [0.25, 0.3) is 5.69 Å². The van der Waals surface area contributed by atoms with Gasteiger partial charge >= 0.3 is 5.97 Å². The van der Waals surface area contributed by atoms with Crippen molar-refractivity contribution in [3.63, 3.8) is 0 Å². The number of halogens is 1. The van der Waals surface area contributed by atoms with E-state index in [0.717, 1.165) is 5.56 Å². The number of nitro benzene ring substituents is 1. The van der Waals surface area contributed by atoms with Crippen molar-refractivity contribution in [1.82, 2.24) is 0 Å². The maximum Gasteiger partial charge on any atom is 0.309 e. The van der Waals surface area contributed by atoms with Gasteiger partial charge in [-0.05, 0) is 18.1 Å². The van der Waals surface area contributed by atoms with Crippen LogP contribution in [0, 0.1) is 17.0 Å². The van der Waals surface area contributed by atoms with Crippen LogP contribution in [0.25, 0.3) is 0 Å². The van der Waals surface area contributed by atoms with Crippen LogP contribution in [-0.4, -0.2) is 18.0 Å². The van der Waals surface area contributed by atoms with Gasteiger partial charge in [-0.15, -0.1) is 0 Å². The lowest BCUT2D eigenvalue weighted by Crippen LogP contribution is -2.08. The predicted octanol–water partition coefficient (Wildman–Crippen LogP) is 2.51. The van der Waals surface area contributed by atoms with Crippen LogP contribution >= 0.6 is 15.9 Å². The van der Waals surface area contributed by atoms with Gasteiger partial charge in [-0.25, -0.2) is 0 Å². The van der Waals surface area contributed by atoms with E-state index in [1.54, 1.807) is 13.0 Å². The van der Waals surface area contributed by atoms with Crippen molar-refractivity contribution >= 4 is 27.6 Å². The van der Waals surface area contributed by atoms with Crippen LogP contribution < -0.4 is 0 Å². The Labute approximate surface area is 107 Å². The molecule has 1 aromatic rings. The molecule has 0 fully saturated rings. The minimum absolute atomic E-state index is 0.0285. The van der Waals surface area contributed by atoms with Crippen LogP contribution in [-0.2, 0) is 21.3 Å². The molecule has 0 bridgehead atoms. The van der Waals surface area contributed by atoms with E-state index in [2.05, 4.69) is 20.7 Å². The number of alkyl halides is 1. The van der Waals surface area contributed by atoms with Gasteiger partial charge in [-0.2, -0.15) is 0 Å². The SMILES string of the molecule is COC(=O)Cc1cc(C)cc([N+](=O)[O-])c1CBr. The topological polar surface area (TPSA) is 69.4 Å². The highest BCUT2D eigenvalue weighted by molar-refractivity contribution is 9.08. The van der Waals surface area contributed by atoms with Crippen LogP contribution in [0.4, 0.5) is 5.69 Å². The molecule has 0 unspecified atom stereocenters. The second-order valence-electron chi connectivity index (χ2n) is 3.57. The molecule has 0 aliphatic heterocycles. The molecule has 0 heterocycles. The fraction of sp³-hybridized carbons (Fsp3) is 0.364. The quantitative estimate of drug-likeness (QED) is 0.371. The Morgan fingerprint density at radius 3 is 2.65 bits per heavy atom. The standard InChI is InChI=1S/C11H12BrNO4/c1-7-3-8(5-11(14)17-2)9(6-12)10(4-7)13(15)16/h3-4H,5-6H2,1-2H3. The minimum Gasteiger partial charge on any atom is -0.469 e.